The number of hydrogen-bond acceptors (Lipinski definition) is 5. The van der Waals surface area contributed by atoms with Crippen molar-refractivity contribution in [1.29, 1.82) is 0 Å². The number of aliphatic hydroxyl groups excluding tert-OH is 1. The van der Waals surface area contributed by atoms with Gasteiger partial charge in [0.15, 0.2) is 0 Å². The number of halogens is 1. The number of pyridine rings is 1. The van der Waals surface area contributed by atoms with Crippen molar-refractivity contribution < 1.29 is 19.3 Å². The molecular weight excluding hydrogens is 290 g/mol. The molecule has 0 atom stereocenters. The number of nitrogens with zero attached hydrogens (tertiary/aromatic N) is 1. The molecule has 1 rings (SSSR count). The highest BCUT2D eigenvalue weighted by Gasteiger charge is 1.95. The molecule has 0 fully saturated rings. The van der Waals surface area contributed by atoms with Crippen molar-refractivity contribution in [1.82, 2.24) is 4.98 Å². The smallest absolute Gasteiger partial charge is 0.137 e. The van der Waals surface area contributed by atoms with Gasteiger partial charge in [0.1, 0.15) is 17.0 Å². The molecule has 0 unspecified atom stereocenters. The van der Waals surface area contributed by atoms with Crippen LogP contribution >= 0.6 is 15.9 Å². The predicted molar refractivity (Wildman–Crippen MR) is 66.2 cm³/mol. The first kappa shape index (κ1) is 14.4. The van der Waals surface area contributed by atoms with Gasteiger partial charge >= 0.3 is 0 Å². The SMILES string of the molecule is OCCOCCOCCOc1ccc(Br)nc1. The van der Waals surface area contributed by atoms with E-state index in [0.717, 1.165) is 4.60 Å². The van der Waals surface area contributed by atoms with Gasteiger partial charge in [0.05, 0.1) is 39.2 Å². The normalized spacial score (nSPS) is 10.5. The van der Waals surface area contributed by atoms with Crippen LogP contribution in [0.5, 0.6) is 5.75 Å². The maximum absolute atomic E-state index is 8.46. The summed E-state index contributed by atoms with van der Waals surface area (Å²) in [6.07, 6.45) is 1.65. The van der Waals surface area contributed by atoms with Crippen molar-refractivity contribution in [3.63, 3.8) is 0 Å². The first-order valence-corrected chi connectivity index (χ1v) is 6.13. The molecule has 1 heterocycles. The monoisotopic (exact) mass is 305 g/mol. The van der Waals surface area contributed by atoms with Crippen LogP contribution in [0.4, 0.5) is 0 Å². The Balaban J connectivity index is 1.95. The summed E-state index contributed by atoms with van der Waals surface area (Å²) < 4.78 is 16.5. The Morgan fingerprint density at radius 2 is 1.76 bits per heavy atom. The van der Waals surface area contributed by atoms with Gasteiger partial charge in [-0.25, -0.2) is 4.98 Å². The highest BCUT2D eigenvalue weighted by molar-refractivity contribution is 9.10. The quantitative estimate of drug-likeness (QED) is 0.549. The lowest BCUT2D eigenvalue weighted by molar-refractivity contribution is 0.0247. The highest BCUT2D eigenvalue weighted by atomic mass is 79.9. The Hall–Kier alpha value is -0.690. The third-order valence-electron chi connectivity index (χ3n) is 1.80. The van der Waals surface area contributed by atoms with Gasteiger partial charge in [0.25, 0.3) is 0 Å². The number of rotatable bonds is 9. The van der Waals surface area contributed by atoms with Gasteiger partial charge in [-0.3, -0.25) is 0 Å². The van der Waals surface area contributed by atoms with E-state index in [2.05, 4.69) is 20.9 Å². The molecule has 1 aromatic rings. The second-order valence-electron chi connectivity index (χ2n) is 3.11. The van der Waals surface area contributed by atoms with Crippen LogP contribution in [0.25, 0.3) is 0 Å². The van der Waals surface area contributed by atoms with Crippen LogP contribution in [0.1, 0.15) is 0 Å². The Labute approximate surface area is 109 Å². The van der Waals surface area contributed by atoms with E-state index in [1.165, 1.54) is 0 Å². The molecule has 0 aliphatic carbocycles. The molecule has 0 aliphatic heterocycles. The van der Waals surface area contributed by atoms with Gasteiger partial charge in [-0.05, 0) is 28.1 Å². The van der Waals surface area contributed by atoms with Crippen LogP contribution in [0, 0.1) is 0 Å². The van der Waals surface area contributed by atoms with Gasteiger partial charge in [-0.2, -0.15) is 0 Å². The summed E-state index contributed by atoms with van der Waals surface area (Å²) in [6.45, 7) is 2.36. The van der Waals surface area contributed by atoms with E-state index < -0.39 is 0 Å². The third kappa shape index (κ3) is 7.27. The largest absolute Gasteiger partial charge is 0.490 e. The van der Waals surface area contributed by atoms with E-state index in [-0.39, 0.29) is 6.61 Å². The van der Waals surface area contributed by atoms with Crippen LogP contribution in [0.2, 0.25) is 0 Å². The van der Waals surface area contributed by atoms with Crippen LogP contribution in [-0.2, 0) is 9.47 Å². The topological polar surface area (TPSA) is 60.8 Å². The average molecular weight is 306 g/mol. The predicted octanol–water partition coefficient (Wildman–Crippen LogP) is 1.25. The summed E-state index contributed by atoms with van der Waals surface area (Å²) in [4.78, 5) is 4.04. The molecule has 0 saturated heterocycles. The minimum Gasteiger partial charge on any atom is -0.490 e. The fraction of sp³-hybridized carbons (Fsp3) is 0.545. The van der Waals surface area contributed by atoms with Crippen LogP contribution < -0.4 is 4.74 Å². The minimum atomic E-state index is 0.0413. The summed E-state index contributed by atoms with van der Waals surface area (Å²) in [5, 5.41) is 8.46. The molecule has 0 aromatic carbocycles. The molecule has 17 heavy (non-hydrogen) atoms. The maximum atomic E-state index is 8.46. The molecule has 1 aromatic heterocycles. The molecule has 0 spiro atoms. The van der Waals surface area contributed by atoms with Gasteiger partial charge in [0, 0.05) is 0 Å². The zero-order valence-electron chi connectivity index (χ0n) is 9.47. The molecule has 0 saturated carbocycles. The molecular formula is C11H16BrNO4. The summed E-state index contributed by atoms with van der Waals surface area (Å²) in [7, 11) is 0. The van der Waals surface area contributed by atoms with Crippen LogP contribution in [0.3, 0.4) is 0 Å². The standard InChI is InChI=1S/C11H16BrNO4/c12-11-2-1-10(9-13-11)17-8-7-16-6-5-15-4-3-14/h1-2,9,14H,3-8H2. The first-order chi connectivity index (χ1) is 8.33. The molecule has 0 radical (unpaired) electrons. The Morgan fingerprint density at radius 1 is 1.06 bits per heavy atom. The van der Waals surface area contributed by atoms with E-state index >= 15 is 0 Å². The summed E-state index contributed by atoms with van der Waals surface area (Å²) >= 11 is 3.25. The van der Waals surface area contributed by atoms with E-state index in [9.17, 15) is 0 Å². The minimum absolute atomic E-state index is 0.0413. The zero-order chi connectivity index (χ0) is 12.3. The fourth-order valence-electron chi connectivity index (χ4n) is 1.05. The van der Waals surface area contributed by atoms with Crippen molar-refractivity contribution in [2.45, 2.75) is 0 Å². The fourth-order valence-corrected chi connectivity index (χ4v) is 1.29. The first-order valence-electron chi connectivity index (χ1n) is 5.33. The Bertz CT molecular complexity index is 294. The molecule has 5 nitrogen and oxygen atoms in total. The van der Waals surface area contributed by atoms with Gasteiger partial charge in [-0.1, -0.05) is 0 Å². The van der Waals surface area contributed by atoms with Crippen molar-refractivity contribution in [3.8, 4) is 5.75 Å². The van der Waals surface area contributed by atoms with Crippen molar-refractivity contribution in [3.05, 3.63) is 22.9 Å². The molecule has 0 aliphatic rings. The summed E-state index contributed by atoms with van der Waals surface area (Å²) in [6, 6.07) is 3.65. The lowest BCUT2D eigenvalue weighted by atomic mass is 10.5. The van der Waals surface area contributed by atoms with Crippen LogP contribution in [-0.4, -0.2) is 49.7 Å². The second-order valence-corrected chi connectivity index (χ2v) is 3.93. The van der Waals surface area contributed by atoms with E-state index in [1.807, 2.05) is 12.1 Å². The Morgan fingerprint density at radius 3 is 2.41 bits per heavy atom. The van der Waals surface area contributed by atoms with E-state index in [1.54, 1.807) is 6.20 Å². The number of aliphatic hydroxyl groups is 1. The van der Waals surface area contributed by atoms with Crippen molar-refractivity contribution >= 4 is 15.9 Å². The molecule has 1 N–H and O–H groups in total. The highest BCUT2D eigenvalue weighted by Crippen LogP contribution is 2.12. The number of hydrogen-bond donors (Lipinski definition) is 1. The van der Waals surface area contributed by atoms with Crippen LogP contribution in [0.15, 0.2) is 22.9 Å². The molecule has 0 amide bonds. The van der Waals surface area contributed by atoms with Gasteiger partial charge in [-0.15, -0.1) is 0 Å². The second kappa shape index (κ2) is 9.35. The zero-order valence-corrected chi connectivity index (χ0v) is 11.1. The van der Waals surface area contributed by atoms with Gasteiger partial charge in [0.2, 0.25) is 0 Å². The Kier molecular flexibility index (Phi) is 7.91. The van der Waals surface area contributed by atoms with E-state index in [4.69, 9.17) is 19.3 Å². The summed E-state index contributed by atoms with van der Waals surface area (Å²) in [5.41, 5.74) is 0. The molecule has 96 valence electrons. The lowest BCUT2D eigenvalue weighted by Gasteiger charge is -2.07. The lowest BCUT2D eigenvalue weighted by Crippen LogP contribution is -2.11. The number of aromatic nitrogens is 1. The van der Waals surface area contributed by atoms with Crippen molar-refractivity contribution in [2.75, 3.05) is 39.6 Å². The maximum Gasteiger partial charge on any atom is 0.137 e. The number of ether oxygens (including phenoxy) is 3. The molecule has 6 heteroatoms. The summed E-state index contributed by atoms with van der Waals surface area (Å²) in [5.74, 6) is 0.716. The van der Waals surface area contributed by atoms with E-state index in [0.29, 0.717) is 38.8 Å². The molecule has 0 bridgehead atoms. The van der Waals surface area contributed by atoms with Crippen molar-refractivity contribution in [2.24, 2.45) is 0 Å². The third-order valence-corrected chi connectivity index (χ3v) is 2.27. The average Bonchev–Trinajstić information content (AvgIpc) is 2.35. The van der Waals surface area contributed by atoms with Gasteiger partial charge < -0.3 is 19.3 Å².